The highest BCUT2D eigenvalue weighted by molar-refractivity contribution is 7.17. The number of pyridine rings is 1. The molecule has 4 rings (SSSR count). The van der Waals surface area contributed by atoms with Gasteiger partial charge in [0.1, 0.15) is 22.3 Å². The second kappa shape index (κ2) is 8.41. The van der Waals surface area contributed by atoms with Gasteiger partial charge < -0.3 is 15.8 Å². The Bertz CT molecular complexity index is 1410. The van der Waals surface area contributed by atoms with Gasteiger partial charge in [-0.05, 0) is 49.4 Å². The van der Waals surface area contributed by atoms with Crippen LogP contribution in [0, 0.1) is 24.1 Å². The van der Waals surface area contributed by atoms with E-state index in [0.717, 1.165) is 17.4 Å². The van der Waals surface area contributed by atoms with Gasteiger partial charge in [-0.3, -0.25) is 9.59 Å². The van der Waals surface area contributed by atoms with Gasteiger partial charge in [-0.2, -0.15) is 5.26 Å². The molecular formula is C22H14FN5O3S. The van der Waals surface area contributed by atoms with Crippen molar-refractivity contribution in [3.05, 3.63) is 76.9 Å². The summed E-state index contributed by atoms with van der Waals surface area (Å²) < 4.78 is 19.3. The molecule has 158 valence electrons. The van der Waals surface area contributed by atoms with E-state index in [9.17, 15) is 14.0 Å². The molecule has 0 unspecified atom stereocenters. The first-order valence-electron chi connectivity index (χ1n) is 9.21. The van der Waals surface area contributed by atoms with Crippen molar-refractivity contribution in [2.45, 2.75) is 6.92 Å². The Morgan fingerprint density at radius 3 is 2.59 bits per heavy atom. The van der Waals surface area contributed by atoms with Crippen molar-refractivity contribution >= 4 is 39.1 Å². The molecule has 2 heterocycles. The number of thiazole rings is 1. The molecule has 2 aromatic heterocycles. The van der Waals surface area contributed by atoms with E-state index in [2.05, 4.69) is 15.3 Å². The second-order valence-corrected chi connectivity index (χ2v) is 7.63. The number of hydrogen-bond donors (Lipinski definition) is 2. The molecule has 0 radical (unpaired) electrons. The van der Waals surface area contributed by atoms with Crippen molar-refractivity contribution in [1.29, 1.82) is 5.26 Å². The van der Waals surface area contributed by atoms with Crippen LogP contribution in [0.2, 0.25) is 0 Å². The minimum Gasteiger partial charge on any atom is -0.431 e. The number of ether oxygens (including phenoxy) is 1. The highest BCUT2D eigenvalue weighted by Gasteiger charge is 2.18. The number of halogens is 1. The molecule has 0 aliphatic carbocycles. The van der Waals surface area contributed by atoms with Gasteiger partial charge in [0.2, 0.25) is 5.91 Å². The summed E-state index contributed by atoms with van der Waals surface area (Å²) in [6, 6.07) is 13.5. The van der Waals surface area contributed by atoms with Crippen LogP contribution in [0.5, 0.6) is 10.9 Å². The molecule has 2 aromatic carbocycles. The third-order valence-corrected chi connectivity index (χ3v) is 5.41. The van der Waals surface area contributed by atoms with E-state index >= 15 is 0 Å². The Labute approximate surface area is 185 Å². The first kappa shape index (κ1) is 20.9. The molecular weight excluding hydrogens is 433 g/mol. The number of nitrogens with zero attached hydrogens (tertiary/aromatic N) is 3. The van der Waals surface area contributed by atoms with Gasteiger partial charge in [-0.1, -0.05) is 11.3 Å². The summed E-state index contributed by atoms with van der Waals surface area (Å²) >= 11 is 1.09. The zero-order chi connectivity index (χ0) is 22.8. The predicted molar refractivity (Wildman–Crippen MR) is 116 cm³/mol. The normalized spacial score (nSPS) is 10.5. The Kier molecular flexibility index (Phi) is 5.49. The summed E-state index contributed by atoms with van der Waals surface area (Å²) in [6.45, 7) is 1.69. The van der Waals surface area contributed by atoms with Crippen LogP contribution in [0.3, 0.4) is 0 Å². The molecule has 0 bridgehead atoms. The topological polar surface area (TPSA) is 131 Å². The van der Waals surface area contributed by atoms with E-state index < -0.39 is 17.6 Å². The predicted octanol–water partition coefficient (Wildman–Crippen LogP) is 4.15. The fourth-order valence-corrected chi connectivity index (χ4v) is 3.75. The Morgan fingerprint density at radius 2 is 1.91 bits per heavy atom. The number of primary amides is 1. The van der Waals surface area contributed by atoms with E-state index in [0.29, 0.717) is 27.4 Å². The van der Waals surface area contributed by atoms with Crippen LogP contribution in [0.1, 0.15) is 32.1 Å². The van der Waals surface area contributed by atoms with Gasteiger partial charge in [0.05, 0.1) is 28.4 Å². The van der Waals surface area contributed by atoms with Gasteiger partial charge in [0.25, 0.3) is 11.1 Å². The number of benzene rings is 2. The van der Waals surface area contributed by atoms with Crippen LogP contribution >= 0.6 is 11.3 Å². The minimum absolute atomic E-state index is 0.0611. The van der Waals surface area contributed by atoms with Crippen molar-refractivity contribution in [2.75, 3.05) is 5.32 Å². The van der Waals surface area contributed by atoms with Crippen LogP contribution in [0.15, 0.2) is 48.5 Å². The second-order valence-electron chi connectivity index (χ2n) is 6.67. The monoisotopic (exact) mass is 447 g/mol. The zero-order valence-electron chi connectivity index (χ0n) is 16.5. The number of nitrogens with two attached hydrogens (primary N) is 1. The maximum absolute atomic E-state index is 13.6. The maximum Gasteiger partial charge on any atom is 0.280 e. The summed E-state index contributed by atoms with van der Waals surface area (Å²) in [5.74, 6) is -1.44. The summed E-state index contributed by atoms with van der Waals surface area (Å²) in [4.78, 5) is 33.1. The highest BCUT2D eigenvalue weighted by atomic mass is 32.1. The first-order chi connectivity index (χ1) is 15.3. The lowest BCUT2D eigenvalue weighted by Gasteiger charge is -2.08. The molecule has 2 amide bonds. The molecule has 0 saturated carbocycles. The SMILES string of the molecule is Cc1nc(Oc2ccc(C#N)cc2)sc1NC(=O)c1cc(C(N)=O)c2ccc(F)cc2n1. The van der Waals surface area contributed by atoms with Crippen LogP contribution in [-0.2, 0) is 0 Å². The Morgan fingerprint density at radius 1 is 1.16 bits per heavy atom. The van der Waals surface area contributed by atoms with Crippen LogP contribution in [0.4, 0.5) is 9.39 Å². The van der Waals surface area contributed by atoms with Gasteiger partial charge in [0, 0.05) is 11.5 Å². The van der Waals surface area contributed by atoms with Crippen molar-refractivity contribution in [2.24, 2.45) is 5.73 Å². The van der Waals surface area contributed by atoms with Crippen molar-refractivity contribution in [3.63, 3.8) is 0 Å². The summed E-state index contributed by atoms with van der Waals surface area (Å²) in [7, 11) is 0. The number of anilines is 1. The summed E-state index contributed by atoms with van der Waals surface area (Å²) in [6.07, 6.45) is 0. The Balaban J connectivity index is 1.59. The van der Waals surface area contributed by atoms with Gasteiger partial charge >= 0.3 is 0 Å². The summed E-state index contributed by atoms with van der Waals surface area (Å²) in [5, 5.41) is 12.6. The van der Waals surface area contributed by atoms with Crippen LogP contribution < -0.4 is 15.8 Å². The van der Waals surface area contributed by atoms with Gasteiger partial charge in [-0.15, -0.1) is 0 Å². The standard InChI is InChI=1S/C22H14FN5O3S/c1-11-21(32-22(26-11)31-14-5-2-12(10-24)3-6-14)28-20(30)18-9-16(19(25)29)15-7-4-13(23)8-17(15)27-18/h2-9H,1H3,(H2,25,29)(H,28,30). The van der Waals surface area contributed by atoms with E-state index in [1.165, 1.54) is 18.2 Å². The number of fused-ring (bicyclic) bond motifs is 1. The van der Waals surface area contributed by atoms with Gasteiger partial charge in [-0.25, -0.2) is 14.4 Å². The lowest BCUT2D eigenvalue weighted by Crippen LogP contribution is -2.17. The maximum atomic E-state index is 13.6. The molecule has 0 aliphatic rings. The number of hydrogen-bond acceptors (Lipinski definition) is 7. The third-order valence-electron chi connectivity index (χ3n) is 4.46. The van der Waals surface area contributed by atoms with E-state index in [1.54, 1.807) is 31.2 Å². The third kappa shape index (κ3) is 4.23. The lowest BCUT2D eigenvalue weighted by atomic mass is 10.1. The number of amides is 2. The smallest absolute Gasteiger partial charge is 0.280 e. The number of rotatable bonds is 5. The number of nitrogens with one attached hydrogen (secondary N) is 1. The van der Waals surface area contributed by atoms with Crippen LogP contribution in [0.25, 0.3) is 10.9 Å². The quantitative estimate of drug-likeness (QED) is 0.472. The molecule has 0 atom stereocenters. The molecule has 0 saturated heterocycles. The summed E-state index contributed by atoms with van der Waals surface area (Å²) in [5.41, 5.74) is 6.53. The largest absolute Gasteiger partial charge is 0.431 e. The number of carbonyl (C=O) groups is 2. The van der Waals surface area contributed by atoms with Crippen LogP contribution in [-0.4, -0.2) is 21.8 Å². The van der Waals surface area contributed by atoms with E-state index in [-0.39, 0.29) is 22.0 Å². The number of aryl methyl sites for hydroxylation is 1. The minimum atomic E-state index is -0.759. The fourth-order valence-electron chi connectivity index (χ4n) is 2.92. The number of nitriles is 1. The highest BCUT2D eigenvalue weighted by Crippen LogP contribution is 2.33. The number of aromatic nitrogens is 2. The van der Waals surface area contributed by atoms with Crippen molar-refractivity contribution in [3.8, 4) is 17.0 Å². The lowest BCUT2D eigenvalue weighted by molar-refractivity contribution is 0.100. The van der Waals surface area contributed by atoms with Gasteiger partial charge in [0.15, 0.2) is 0 Å². The van der Waals surface area contributed by atoms with Crippen molar-refractivity contribution < 1.29 is 18.7 Å². The van der Waals surface area contributed by atoms with Crippen molar-refractivity contribution in [1.82, 2.24) is 9.97 Å². The molecule has 8 nitrogen and oxygen atoms in total. The molecule has 32 heavy (non-hydrogen) atoms. The average molecular weight is 447 g/mol. The van der Waals surface area contributed by atoms with E-state index in [4.69, 9.17) is 15.7 Å². The molecule has 0 spiro atoms. The molecule has 0 fully saturated rings. The Hall–Kier alpha value is -4.36. The van der Waals surface area contributed by atoms with E-state index in [1.807, 2.05) is 6.07 Å². The molecule has 0 aliphatic heterocycles. The number of carbonyl (C=O) groups excluding carboxylic acids is 2. The zero-order valence-corrected chi connectivity index (χ0v) is 17.4. The first-order valence-corrected chi connectivity index (χ1v) is 10.0. The average Bonchev–Trinajstić information content (AvgIpc) is 3.11. The fraction of sp³-hybridized carbons (Fsp3) is 0.0455. The molecule has 4 aromatic rings. The molecule has 3 N–H and O–H groups in total. The molecule has 10 heteroatoms.